The van der Waals surface area contributed by atoms with Gasteiger partial charge in [0.1, 0.15) is 5.75 Å². The molecule has 3 nitrogen and oxygen atoms in total. The van der Waals surface area contributed by atoms with Crippen molar-refractivity contribution < 1.29 is 9.53 Å². The molecule has 3 heteroatoms. The molecule has 0 heterocycles. The lowest BCUT2D eigenvalue weighted by Crippen LogP contribution is -2.28. The van der Waals surface area contributed by atoms with Gasteiger partial charge in [0, 0.05) is 0 Å². The molecule has 0 bridgehead atoms. The van der Waals surface area contributed by atoms with Gasteiger partial charge in [-0.1, -0.05) is 72.8 Å². The average molecular weight is 331 g/mol. The standard InChI is InChI=1S/C22H21NO2/c1-25-21-15-9-8-14-19(21)20(24)16-23-22(17-10-4-2-5-11-17)18-12-6-3-7-13-18/h2-15,22-23H,16H2,1H3. The summed E-state index contributed by atoms with van der Waals surface area (Å²) < 4.78 is 5.29. The Kier molecular flexibility index (Phi) is 5.60. The van der Waals surface area contributed by atoms with Crippen molar-refractivity contribution in [3.05, 3.63) is 102 Å². The predicted molar refractivity (Wildman–Crippen MR) is 100 cm³/mol. The van der Waals surface area contributed by atoms with Crippen molar-refractivity contribution in [1.82, 2.24) is 5.32 Å². The lowest BCUT2D eigenvalue weighted by molar-refractivity contribution is 0.0986. The van der Waals surface area contributed by atoms with E-state index in [1.54, 1.807) is 19.2 Å². The third-order valence-corrected chi connectivity index (χ3v) is 4.14. The molecule has 0 aromatic heterocycles. The molecule has 0 saturated carbocycles. The second-order valence-corrected chi connectivity index (χ2v) is 5.76. The summed E-state index contributed by atoms with van der Waals surface area (Å²) in [6.45, 7) is 0.231. The monoisotopic (exact) mass is 331 g/mol. The number of hydrogen-bond donors (Lipinski definition) is 1. The van der Waals surface area contributed by atoms with Crippen LogP contribution in [0.2, 0.25) is 0 Å². The summed E-state index contributed by atoms with van der Waals surface area (Å²) >= 11 is 0. The van der Waals surface area contributed by atoms with Gasteiger partial charge in [0.05, 0.1) is 25.3 Å². The summed E-state index contributed by atoms with van der Waals surface area (Å²) in [5.74, 6) is 0.611. The van der Waals surface area contributed by atoms with E-state index >= 15 is 0 Å². The number of carbonyl (C=O) groups excluding carboxylic acids is 1. The van der Waals surface area contributed by atoms with Crippen LogP contribution in [0.5, 0.6) is 5.75 Å². The Morgan fingerprint density at radius 2 is 1.36 bits per heavy atom. The molecule has 3 aromatic carbocycles. The number of hydrogen-bond acceptors (Lipinski definition) is 3. The molecule has 126 valence electrons. The first-order valence-corrected chi connectivity index (χ1v) is 8.29. The van der Waals surface area contributed by atoms with E-state index in [2.05, 4.69) is 29.6 Å². The van der Waals surface area contributed by atoms with Crippen LogP contribution in [0.1, 0.15) is 27.5 Å². The van der Waals surface area contributed by atoms with E-state index in [1.807, 2.05) is 48.5 Å². The Morgan fingerprint density at radius 1 is 0.840 bits per heavy atom. The molecule has 0 atom stereocenters. The van der Waals surface area contributed by atoms with Crippen LogP contribution in [0.3, 0.4) is 0 Å². The highest BCUT2D eigenvalue weighted by molar-refractivity contribution is 6.00. The molecule has 0 unspecified atom stereocenters. The number of benzene rings is 3. The SMILES string of the molecule is COc1ccccc1C(=O)CNC(c1ccccc1)c1ccccc1. The van der Waals surface area contributed by atoms with E-state index < -0.39 is 0 Å². The first-order chi connectivity index (χ1) is 12.3. The van der Waals surface area contributed by atoms with E-state index in [4.69, 9.17) is 4.74 Å². The summed E-state index contributed by atoms with van der Waals surface area (Å²) in [4.78, 5) is 12.6. The van der Waals surface area contributed by atoms with Gasteiger partial charge in [-0.2, -0.15) is 0 Å². The molecule has 0 fully saturated rings. The highest BCUT2D eigenvalue weighted by Crippen LogP contribution is 2.22. The van der Waals surface area contributed by atoms with Crippen molar-refractivity contribution in [3.63, 3.8) is 0 Å². The van der Waals surface area contributed by atoms with Gasteiger partial charge in [0.25, 0.3) is 0 Å². The van der Waals surface area contributed by atoms with E-state index in [-0.39, 0.29) is 18.4 Å². The van der Waals surface area contributed by atoms with Gasteiger partial charge in [-0.25, -0.2) is 0 Å². The van der Waals surface area contributed by atoms with E-state index in [0.29, 0.717) is 11.3 Å². The first-order valence-electron chi connectivity index (χ1n) is 8.29. The molecular weight excluding hydrogens is 310 g/mol. The van der Waals surface area contributed by atoms with Crippen LogP contribution in [0.4, 0.5) is 0 Å². The lowest BCUT2D eigenvalue weighted by Gasteiger charge is -2.20. The van der Waals surface area contributed by atoms with Crippen LogP contribution >= 0.6 is 0 Å². The van der Waals surface area contributed by atoms with Crippen molar-refractivity contribution in [2.24, 2.45) is 0 Å². The second kappa shape index (κ2) is 8.27. The Bertz CT molecular complexity index is 776. The van der Waals surface area contributed by atoms with Crippen molar-refractivity contribution in [1.29, 1.82) is 0 Å². The Balaban J connectivity index is 1.81. The number of rotatable bonds is 7. The number of methoxy groups -OCH3 is 1. The molecule has 3 aromatic rings. The van der Waals surface area contributed by atoms with Crippen LogP contribution < -0.4 is 10.1 Å². The fourth-order valence-corrected chi connectivity index (χ4v) is 2.88. The Hall–Kier alpha value is -2.91. The van der Waals surface area contributed by atoms with E-state index in [0.717, 1.165) is 11.1 Å². The third-order valence-electron chi connectivity index (χ3n) is 4.14. The zero-order chi connectivity index (χ0) is 17.5. The van der Waals surface area contributed by atoms with Gasteiger partial charge in [0.15, 0.2) is 5.78 Å². The summed E-state index contributed by atoms with van der Waals surface area (Å²) in [6, 6.07) is 27.6. The average Bonchev–Trinajstić information content (AvgIpc) is 2.69. The number of para-hydroxylation sites is 1. The molecule has 0 spiro atoms. The largest absolute Gasteiger partial charge is 0.496 e. The Morgan fingerprint density at radius 3 is 1.92 bits per heavy atom. The number of nitrogens with one attached hydrogen (secondary N) is 1. The normalized spacial score (nSPS) is 10.6. The number of ether oxygens (including phenoxy) is 1. The van der Waals surface area contributed by atoms with Crippen molar-refractivity contribution >= 4 is 5.78 Å². The van der Waals surface area contributed by atoms with Crippen LogP contribution in [0.25, 0.3) is 0 Å². The summed E-state index contributed by atoms with van der Waals surface area (Å²) in [6.07, 6.45) is 0. The zero-order valence-corrected chi connectivity index (χ0v) is 14.2. The van der Waals surface area contributed by atoms with Gasteiger partial charge in [-0.15, -0.1) is 0 Å². The first kappa shape index (κ1) is 16.9. The molecule has 25 heavy (non-hydrogen) atoms. The van der Waals surface area contributed by atoms with Crippen molar-refractivity contribution in [3.8, 4) is 5.75 Å². The van der Waals surface area contributed by atoms with Crippen LogP contribution in [0, 0.1) is 0 Å². The van der Waals surface area contributed by atoms with Crippen molar-refractivity contribution in [2.45, 2.75) is 6.04 Å². The minimum Gasteiger partial charge on any atom is -0.496 e. The minimum atomic E-state index is -0.0407. The van der Waals surface area contributed by atoms with Crippen LogP contribution in [-0.2, 0) is 0 Å². The maximum atomic E-state index is 12.6. The highest BCUT2D eigenvalue weighted by Gasteiger charge is 2.17. The van der Waals surface area contributed by atoms with E-state index in [1.165, 1.54) is 0 Å². The van der Waals surface area contributed by atoms with Gasteiger partial charge in [-0.05, 0) is 23.3 Å². The Labute approximate surface area is 148 Å². The van der Waals surface area contributed by atoms with Gasteiger partial charge < -0.3 is 4.74 Å². The molecule has 0 aliphatic heterocycles. The fraction of sp³-hybridized carbons (Fsp3) is 0.136. The number of ketones is 1. The minimum absolute atomic E-state index is 0.00862. The van der Waals surface area contributed by atoms with Crippen molar-refractivity contribution in [2.75, 3.05) is 13.7 Å². The molecule has 0 saturated heterocycles. The number of carbonyl (C=O) groups is 1. The van der Waals surface area contributed by atoms with Crippen LogP contribution in [-0.4, -0.2) is 19.4 Å². The summed E-state index contributed by atoms with van der Waals surface area (Å²) in [5, 5.41) is 3.40. The number of Topliss-reactive ketones (excluding diaryl/α,β-unsaturated/α-hetero) is 1. The maximum absolute atomic E-state index is 12.6. The van der Waals surface area contributed by atoms with Gasteiger partial charge in [-0.3, -0.25) is 10.1 Å². The lowest BCUT2D eigenvalue weighted by atomic mass is 9.98. The van der Waals surface area contributed by atoms with E-state index in [9.17, 15) is 4.79 Å². The molecule has 0 aliphatic rings. The van der Waals surface area contributed by atoms with Gasteiger partial charge in [0.2, 0.25) is 0 Å². The maximum Gasteiger partial charge on any atom is 0.180 e. The summed E-state index contributed by atoms with van der Waals surface area (Å²) in [5.41, 5.74) is 2.85. The molecule has 0 radical (unpaired) electrons. The molecule has 1 N–H and O–H groups in total. The molecule has 0 aliphatic carbocycles. The zero-order valence-electron chi connectivity index (χ0n) is 14.2. The van der Waals surface area contributed by atoms with Crippen LogP contribution in [0.15, 0.2) is 84.9 Å². The summed E-state index contributed by atoms with van der Waals surface area (Å²) in [7, 11) is 1.58. The topological polar surface area (TPSA) is 38.3 Å². The van der Waals surface area contributed by atoms with Gasteiger partial charge >= 0.3 is 0 Å². The third kappa shape index (κ3) is 4.14. The second-order valence-electron chi connectivity index (χ2n) is 5.76. The molecule has 3 rings (SSSR count). The fourth-order valence-electron chi connectivity index (χ4n) is 2.88. The molecular formula is C22H21NO2. The highest BCUT2D eigenvalue weighted by atomic mass is 16.5. The predicted octanol–water partition coefficient (Wildman–Crippen LogP) is 4.26. The molecule has 0 amide bonds. The quantitative estimate of drug-likeness (QED) is 0.658. The smallest absolute Gasteiger partial charge is 0.180 e.